The van der Waals surface area contributed by atoms with Gasteiger partial charge in [0.05, 0.1) is 22.0 Å². The summed E-state index contributed by atoms with van der Waals surface area (Å²) >= 11 is 0. The molecule has 4 aromatic rings. The molecular weight excluding hydrogens is 422 g/mol. The van der Waals surface area contributed by atoms with E-state index in [-0.39, 0.29) is 11.4 Å². The molecule has 1 amide bonds. The average molecular weight is 443 g/mol. The van der Waals surface area contributed by atoms with Crippen LogP contribution in [0.4, 0.5) is 11.4 Å². The number of aryl methyl sites for hydroxylation is 1. The third-order valence-electron chi connectivity index (χ3n) is 5.02. The fourth-order valence-electron chi connectivity index (χ4n) is 3.29. The van der Waals surface area contributed by atoms with E-state index in [1.807, 2.05) is 49.4 Å². The summed E-state index contributed by atoms with van der Waals surface area (Å²) in [6, 6.07) is 21.2. The van der Waals surface area contributed by atoms with Gasteiger partial charge in [0, 0.05) is 12.1 Å². The van der Waals surface area contributed by atoms with Crippen LogP contribution in [0.25, 0.3) is 5.69 Å². The summed E-state index contributed by atoms with van der Waals surface area (Å²) in [6.07, 6.45) is 0. The lowest BCUT2D eigenvalue weighted by Gasteiger charge is -2.13. The largest absolute Gasteiger partial charge is 0.487 e. The summed E-state index contributed by atoms with van der Waals surface area (Å²) < 4.78 is 7.35. The Bertz CT molecular complexity index is 1320. The van der Waals surface area contributed by atoms with Crippen molar-refractivity contribution in [3.63, 3.8) is 0 Å². The van der Waals surface area contributed by atoms with E-state index in [2.05, 4.69) is 15.6 Å². The maximum Gasteiger partial charge on any atom is 0.278 e. The fourth-order valence-corrected chi connectivity index (χ4v) is 3.29. The molecule has 0 atom stereocenters. The first-order chi connectivity index (χ1) is 15.9. The van der Waals surface area contributed by atoms with Crippen molar-refractivity contribution >= 4 is 17.3 Å². The van der Waals surface area contributed by atoms with Crippen molar-refractivity contribution in [2.24, 2.45) is 0 Å². The number of carbonyl (C=O) groups is 1. The highest BCUT2D eigenvalue weighted by molar-refractivity contribution is 6.04. The summed E-state index contributed by atoms with van der Waals surface area (Å²) in [5.74, 6) is 0.0773. The highest BCUT2D eigenvalue weighted by atomic mass is 16.6. The van der Waals surface area contributed by atoms with Crippen LogP contribution in [0.15, 0.2) is 72.8 Å². The first kappa shape index (κ1) is 21.7. The van der Waals surface area contributed by atoms with Gasteiger partial charge >= 0.3 is 0 Å². The van der Waals surface area contributed by atoms with Crippen LogP contribution in [0, 0.1) is 24.0 Å². The van der Waals surface area contributed by atoms with Crippen LogP contribution in [0.5, 0.6) is 5.75 Å². The van der Waals surface area contributed by atoms with Gasteiger partial charge < -0.3 is 10.1 Å². The number of carbonyl (C=O) groups excluding carboxylic acids is 1. The van der Waals surface area contributed by atoms with E-state index in [0.717, 1.165) is 11.1 Å². The van der Waals surface area contributed by atoms with E-state index in [1.165, 1.54) is 16.8 Å². The standard InChI is InChI=1S/C24H21N5O4/c1-16-11-12-21(22(13-16)33-15-18-7-4-3-5-8-18)25-24(30)23-17(2)28(27-26-23)19-9-6-10-20(14-19)29(31)32/h3-14H,15H2,1-2H3,(H,25,30). The minimum atomic E-state index is -0.488. The van der Waals surface area contributed by atoms with Crippen LogP contribution in [0.1, 0.15) is 27.3 Å². The van der Waals surface area contributed by atoms with Gasteiger partial charge in [-0.15, -0.1) is 5.10 Å². The van der Waals surface area contributed by atoms with E-state index in [4.69, 9.17) is 4.74 Å². The third kappa shape index (κ3) is 4.87. The van der Waals surface area contributed by atoms with Gasteiger partial charge in [0.1, 0.15) is 12.4 Å². The zero-order chi connectivity index (χ0) is 23.4. The number of nitrogens with one attached hydrogen (secondary N) is 1. The van der Waals surface area contributed by atoms with Gasteiger partial charge in [-0.1, -0.05) is 47.7 Å². The Morgan fingerprint density at radius 2 is 1.85 bits per heavy atom. The average Bonchev–Trinajstić information content (AvgIpc) is 3.21. The fraction of sp³-hybridized carbons (Fsp3) is 0.125. The van der Waals surface area contributed by atoms with Crippen molar-refractivity contribution < 1.29 is 14.5 Å². The third-order valence-corrected chi connectivity index (χ3v) is 5.02. The minimum absolute atomic E-state index is 0.0757. The second-order valence-electron chi connectivity index (χ2n) is 7.44. The van der Waals surface area contributed by atoms with Crippen molar-refractivity contribution in [1.82, 2.24) is 15.0 Å². The predicted octanol–water partition coefficient (Wildman–Crippen LogP) is 4.62. The number of ether oxygens (including phenoxy) is 1. The van der Waals surface area contributed by atoms with Gasteiger partial charge in [0.2, 0.25) is 0 Å². The topological polar surface area (TPSA) is 112 Å². The van der Waals surface area contributed by atoms with E-state index in [0.29, 0.717) is 29.4 Å². The van der Waals surface area contributed by atoms with Crippen LogP contribution < -0.4 is 10.1 Å². The number of anilines is 1. The van der Waals surface area contributed by atoms with Crippen molar-refractivity contribution in [2.75, 3.05) is 5.32 Å². The molecule has 4 rings (SSSR count). The molecule has 1 heterocycles. The number of hydrogen-bond acceptors (Lipinski definition) is 6. The number of nitrogens with zero attached hydrogens (tertiary/aromatic N) is 4. The Balaban J connectivity index is 1.56. The molecule has 1 N–H and O–H groups in total. The normalized spacial score (nSPS) is 10.6. The van der Waals surface area contributed by atoms with Crippen LogP contribution in [0.2, 0.25) is 0 Å². The van der Waals surface area contributed by atoms with Crippen LogP contribution in [-0.2, 0) is 6.61 Å². The Labute approximate surface area is 189 Å². The van der Waals surface area contributed by atoms with Gasteiger partial charge in [0.25, 0.3) is 11.6 Å². The van der Waals surface area contributed by atoms with Crippen LogP contribution in [0.3, 0.4) is 0 Å². The molecule has 0 radical (unpaired) electrons. The van der Waals surface area contributed by atoms with E-state index >= 15 is 0 Å². The molecule has 0 saturated carbocycles. The van der Waals surface area contributed by atoms with Gasteiger partial charge in [-0.05, 0) is 43.2 Å². The van der Waals surface area contributed by atoms with Crippen molar-refractivity contribution in [3.05, 3.63) is 105 Å². The Morgan fingerprint density at radius 1 is 1.06 bits per heavy atom. The second-order valence-corrected chi connectivity index (χ2v) is 7.44. The number of amides is 1. The van der Waals surface area contributed by atoms with E-state index in [9.17, 15) is 14.9 Å². The van der Waals surface area contributed by atoms with Crippen molar-refractivity contribution in [2.45, 2.75) is 20.5 Å². The highest BCUT2D eigenvalue weighted by Crippen LogP contribution is 2.27. The summed E-state index contributed by atoms with van der Waals surface area (Å²) in [5, 5.41) is 21.9. The maximum atomic E-state index is 13.0. The molecule has 0 unspecified atom stereocenters. The number of benzene rings is 3. The Hall–Kier alpha value is -4.53. The zero-order valence-corrected chi connectivity index (χ0v) is 18.1. The lowest BCUT2D eigenvalue weighted by atomic mass is 10.2. The summed E-state index contributed by atoms with van der Waals surface area (Å²) in [6.45, 7) is 3.97. The Kier molecular flexibility index (Phi) is 6.12. The quantitative estimate of drug-likeness (QED) is 0.329. The van der Waals surface area contributed by atoms with Crippen LogP contribution >= 0.6 is 0 Å². The molecular formula is C24H21N5O4. The lowest BCUT2D eigenvalue weighted by Crippen LogP contribution is -2.15. The van der Waals surface area contributed by atoms with Gasteiger partial charge in [-0.2, -0.15) is 0 Å². The molecule has 0 aliphatic rings. The molecule has 0 spiro atoms. The van der Waals surface area contributed by atoms with E-state index < -0.39 is 10.8 Å². The summed E-state index contributed by atoms with van der Waals surface area (Å²) in [5.41, 5.74) is 3.42. The van der Waals surface area contributed by atoms with Crippen molar-refractivity contribution in [1.29, 1.82) is 0 Å². The number of nitro benzene ring substituents is 1. The first-order valence-corrected chi connectivity index (χ1v) is 10.2. The zero-order valence-electron chi connectivity index (χ0n) is 18.1. The van der Waals surface area contributed by atoms with Crippen molar-refractivity contribution in [3.8, 4) is 11.4 Å². The maximum absolute atomic E-state index is 13.0. The highest BCUT2D eigenvalue weighted by Gasteiger charge is 2.20. The number of aromatic nitrogens is 3. The van der Waals surface area contributed by atoms with Gasteiger partial charge in [-0.25, -0.2) is 4.68 Å². The molecule has 0 saturated heterocycles. The Morgan fingerprint density at radius 3 is 2.61 bits per heavy atom. The molecule has 33 heavy (non-hydrogen) atoms. The number of non-ortho nitro benzene ring substituents is 1. The molecule has 1 aromatic heterocycles. The monoisotopic (exact) mass is 443 g/mol. The molecule has 9 heteroatoms. The number of nitro groups is 1. The molecule has 0 aliphatic heterocycles. The molecule has 0 aliphatic carbocycles. The molecule has 166 valence electrons. The minimum Gasteiger partial charge on any atom is -0.487 e. The first-order valence-electron chi connectivity index (χ1n) is 10.2. The summed E-state index contributed by atoms with van der Waals surface area (Å²) in [7, 11) is 0. The number of rotatable bonds is 7. The summed E-state index contributed by atoms with van der Waals surface area (Å²) in [4.78, 5) is 23.6. The molecule has 0 fully saturated rings. The lowest BCUT2D eigenvalue weighted by molar-refractivity contribution is -0.384. The second kappa shape index (κ2) is 9.31. The smallest absolute Gasteiger partial charge is 0.278 e. The molecule has 0 bridgehead atoms. The molecule has 9 nitrogen and oxygen atoms in total. The number of hydrogen-bond donors (Lipinski definition) is 1. The van der Waals surface area contributed by atoms with Gasteiger partial charge in [-0.3, -0.25) is 14.9 Å². The van der Waals surface area contributed by atoms with E-state index in [1.54, 1.807) is 25.1 Å². The van der Waals surface area contributed by atoms with Gasteiger partial charge in [0.15, 0.2) is 5.69 Å². The molecule has 3 aromatic carbocycles. The van der Waals surface area contributed by atoms with Crippen LogP contribution in [-0.4, -0.2) is 25.8 Å². The predicted molar refractivity (Wildman–Crippen MR) is 123 cm³/mol. The SMILES string of the molecule is Cc1ccc(NC(=O)c2nnn(-c3cccc([N+](=O)[O-])c3)c2C)c(OCc2ccccc2)c1.